The van der Waals surface area contributed by atoms with Crippen molar-refractivity contribution in [3.05, 3.63) is 45.6 Å². The van der Waals surface area contributed by atoms with Crippen molar-refractivity contribution in [1.82, 2.24) is 0 Å². The predicted molar refractivity (Wildman–Crippen MR) is 70.2 cm³/mol. The van der Waals surface area contributed by atoms with E-state index in [1.54, 1.807) is 37.4 Å². The molecule has 0 fully saturated rings. The Hall–Kier alpha value is -1.52. The molecule has 1 aromatic heterocycles. The smallest absolute Gasteiger partial charge is 0.268 e. The van der Waals surface area contributed by atoms with Crippen molar-refractivity contribution in [2.24, 2.45) is 0 Å². The summed E-state index contributed by atoms with van der Waals surface area (Å²) in [6.45, 7) is 0. The van der Waals surface area contributed by atoms with E-state index in [2.05, 4.69) is 0 Å². The van der Waals surface area contributed by atoms with Gasteiger partial charge in [-0.25, -0.2) is 0 Å². The van der Waals surface area contributed by atoms with Gasteiger partial charge in [0.05, 0.1) is 9.21 Å². The topological polar surface area (TPSA) is 40.5 Å². The van der Waals surface area contributed by atoms with Gasteiger partial charge in [-0.15, -0.1) is 11.3 Å². The van der Waals surface area contributed by atoms with Crippen molar-refractivity contribution in [3.63, 3.8) is 0 Å². The van der Waals surface area contributed by atoms with E-state index in [0.717, 1.165) is 0 Å². The average molecular weight is 268 g/mol. The Balaban J connectivity index is 2.26. The zero-order valence-electron chi connectivity index (χ0n) is 9.05. The molecular formula is C12H10ClNO2S. The van der Waals surface area contributed by atoms with Crippen molar-refractivity contribution in [1.29, 1.82) is 0 Å². The quantitative estimate of drug-likeness (QED) is 0.906. The van der Waals surface area contributed by atoms with Gasteiger partial charge in [0.1, 0.15) is 5.75 Å². The summed E-state index contributed by atoms with van der Waals surface area (Å²) >= 11 is 7.02. The maximum absolute atomic E-state index is 12.1. The molecule has 1 heterocycles. The van der Waals surface area contributed by atoms with Crippen LogP contribution in [0.2, 0.25) is 4.34 Å². The number of phenols is 1. The highest BCUT2D eigenvalue weighted by atomic mass is 35.5. The van der Waals surface area contributed by atoms with Crippen LogP contribution in [0.25, 0.3) is 0 Å². The van der Waals surface area contributed by atoms with Gasteiger partial charge in [-0.1, -0.05) is 17.7 Å². The van der Waals surface area contributed by atoms with E-state index in [0.29, 0.717) is 14.9 Å². The minimum absolute atomic E-state index is 0.131. The predicted octanol–water partition coefficient (Wildman–Crippen LogP) is 3.38. The Morgan fingerprint density at radius 2 is 2.12 bits per heavy atom. The number of carbonyl (C=O) groups excluding carboxylic acids is 1. The average Bonchev–Trinajstić information content (AvgIpc) is 2.74. The van der Waals surface area contributed by atoms with Crippen molar-refractivity contribution in [2.45, 2.75) is 0 Å². The van der Waals surface area contributed by atoms with Crippen LogP contribution in [-0.2, 0) is 0 Å². The highest BCUT2D eigenvalue weighted by molar-refractivity contribution is 7.18. The second-order valence-electron chi connectivity index (χ2n) is 3.49. The molecule has 0 radical (unpaired) electrons. The number of aromatic hydroxyl groups is 1. The Morgan fingerprint density at radius 1 is 1.35 bits per heavy atom. The number of carbonyl (C=O) groups is 1. The molecule has 0 unspecified atom stereocenters. The van der Waals surface area contributed by atoms with Crippen LogP contribution >= 0.6 is 22.9 Å². The van der Waals surface area contributed by atoms with E-state index < -0.39 is 0 Å². The Bertz CT molecular complexity index is 553. The first kappa shape index (κ1) is 12.0. The van der Waals surface area contributed by atoms with Crippen molar-refractivity contribution in [2.75, 3.05) is 11.9 Å². The lowest BCUT2D eigenvalue weighted by molar-refractivity contribution is 0.0997. The van der Waals surface area contributed by atoms with E-state index in [1.165, 1.54) is 22.3 Å². The van der Waals surface area contributed by atoms with Crippen molar-refractivity contribution >= 4 is 34.5 Å². The largest absolute Gasteiger partial charge is 0.508 e. The summed E-state index contributed by atoms with van der Waals surface area (Å²) < 4.78 is 0.581. The lowest BCUT2D eigenvalue weighted by Gasteiger charge is -2.16. The first-order chi connectivity index (χ1) is 8.08. The summed E-state index contributed by atoms with van der Waals surface area (Å²) in [6, 6.07) is 9.92. The first-order valence-electron chi connectivity index (χ1n) is 4.90. The van der Waals surface area contributed by atoms with Gasteiger partial charge < -0.3 is 10.0 Å². The van der Waals surface area contributed by atoms with Crippen molar-refractivity contribution < 1.29 is 9.90 Å². The van der Waals surface area contributed by atoms with Crippen LogP contribution in [0.5, 0.6) is 5.75 Å². The Labute approximate surface area is 108 Å². The highest BCUT2D eigenvalue weighted by Gasteiger charge is 2.15. The standard InChI is InChI=1S/C12H10ClNO2S/c1-14(8-3-2-4-9(15)7-8)12(16)10-5-6-11(13)17-10/h2-7,15H,1H3. The molecule has 2 rings (SSSR count). The maximum atomic E-state index is 12.1. The molecule has 0 aliphatic heterocycles. The van der Waals surface area contributed by atoms with Gasteiger partial charge in [0.2, 0.25) is 0 Å². The minimum Gasteiger partial charge on any atom is -0.508 e. The van der Waals surface area contributed by atoms with Crippen LogP contribution in [-0.4, -0.2) is 18.1 Å². The number of halogens is 1. The second kappa shape index (κ2) is 4.77. The molecule has 0 aliphatic carbocycles. The van der Waals surface area contributed by atoms with Crippen LogP contribution in [0, 0.1) is 0 Å². The number of rotatable bonds is 2. The van der Waals surface area contributed by atoms with Gasteiger partial charge in [-0.05, 0) is 24.3 Å². The number of anilines is 1. The molecule has 0 saturated heterocycles. The summed E-state index contributed by atoms with van der Waals surface area (Å²) in [5.74, 6) is -0.0149. The molecule has 1 aromatic carbocycles. The molecule has 0 atom stereocenters. The van der Waals surface area contributed by atoms with Crippen molar-refractivity contribution in [3.8, 4) is 5.75 Å². The summed E-state index contributed by atoms with van der Waals surface area (Å²) in [6.07, 6.45) is 0. The monoisotopic (exact) mass is 267 g/mol. The van der Waals surface area contributed by atoms with E-state index >= 15 is 0 Å². The van der Waals surface area contributed by atoms with Crippen LogP contribution in [0.1, 0.15) is 9.67 Å². The van der Waals surface area contributed by atoms with Gasteiger partial charge in [-0.3, -0.25) is 4.79 Å². The number of phenolic OH excluding ortho intramolecular Hbond substituents is 1. The molecule has 88 valence electrons. The van der Waals surface area contributed by atoms with E-state index in [1.807, 2.05) is 0 Å². The molecule has 0 aliphatic rings. The fraction of sp³-hybridized carbons (Fsp3) is 0.0833. The molecule has 1 N–H and O–H groups in total. The summed E-state index contributed by atoms with van der Waals surface area (Å²) in [4.78, 5) is 14.1. The third kappa shape index (κ3) is 2.60. The highest BCUT2D eigenvalue weighted by Crippen LogP contribution is 2.25. The number of benzene rings is 1. The van der Waals surface area contributed by atoms with Crippen LogP contribution < -0.4 is 4.90 Å². The third-order valence-corrected chi connectivity index (χ3v) is 3.52. The minimum atomic E-state index is -0.146. The molecule has 1 amide bonds. The van der Waals surface area contributed by atoms with Gasteiger partial charge >= 0.3 is 0 Å². The van der Waals surface area contributed by atoms with Gasteiger partial charge in [0.15, 0.2) is 0 Å². The van der Waals surface area contributed by atoms with Crippen LogP contribution in [0.4, 0.5) is 5.69 Å². The lowest BCUT2D eigenvalue weighted by Crippen LogP contribution is -2.25. The fourth-order valence-corrected chi connectivity index (χ4v) is 2.43. The zero-order chi connectivity index (χ0) is 12.4. The Morgan fingerprint density at radius 3 is 2.71 bits per heavy atom. The molecule has 5 heteroatoms. The third-order valence-electron chi connectivity index (χ3n) is 2.31. The molecule has 17 heavy (non-hydrogen) atoms. The number of hydrogen-bond acceptors (Lipinski definition) is 3. The van der Waals surface area contributed by atoms with E-state index in [9.17, 15) is 9.90 Å². The van der Waals surface area contributed by atoms with Crippen LogP contribution in [0.15, 0.2) is 36.4 Å². The second-order valence-corrected chi connectivity index (χ2v) is 5.20. The van der Waals surface area contributed by atoms with E-state index in [-0.39, 0.29) is 11.7 Å². The van der Waals surface area contributed by atoms with Gasteiger partial charge in [0, 0.05) is 18.8 Å². The summed E-state index contributed by atoms with van der Waals surface area (Å²) in [5.41, 5.74) is 0.638. The summed E-state index contributed by atoms with van der Waals surface area (Å²) in [7, 11) is 1.66. The van der Waals surface area contributed by atoms with E-state index in [4.69, 9.17) is 11.6 Å². The molecular weight excluding hydrogens is 258 g/mol. The lowest BCUT2D eigenvalue weighted by atomic mass is 10.2. The number of thiophene rings is 1. The van der Waals surface area contributed by atoms with Gasteiger partial charge in [-0.2, -0.15) is 0 Å². The van der Waals surface area contributed by atoms with Gasteiger partial charge in [0.25, 0.3) is 5.91 Å². The molecule has 0 bridgehead atoms. The number of hydrogen-bond donors (Lipinski definition) is 1. The Kier molecular flexibility index (Phi) is 3.36. The first-order valence-corrected chi connectivity index (χ1v) is 6.10. The zero-order valence-corrected chi connectivity index (χ0v) is 10.6. The molecule has 0 spiro atoms. The summed E-state index contributed by atoms with van der Waals surface area (Å²) in [5, 5.41) is 9.36. The normalized spacial score (nSPS) is 10.2. The molecule has 0 saturated carbocycles. The maximum Gasteiger partial charge on any atom is 0.268 e. The van der Waals surface area contributed by atoms with Crippen LogP contribution in [0.3, 0.4) is 0 Å². The molecule has 3 nitrogen and oxygen atoms in total. The number of nitrogens with zero attached hydrogens (tertiary/aromatic N) is 1. The number of amides is 1. The fourth-order valence-electron chi connectivity index (χ4n) is 1.41. The molecule has 2 aromatic rings. The SMILES string of the molecule is CN(C(=O)c1ccc(Cl)s1)c1cccc(O)c1.